The maximum Gasteiger partial charge on any atom is 0.313 e. The van der Waals surface area contributed by atoms with E-state index in [1.807, 2.05) is 0 Å². The van der Waals surface area contributed by atoms with Crippen LogP contribution >= 0.6 is 0 Å². The fourth-order valence-electron chi connectivity index (χ4n) is 3.82. The molecule has 15 heteroatoms. The molecule has 0 bridgehead atoms. The van der Waals surface area contributed by atoms with Crippen LogP contribution in [0.25, 0.3) is 0 Å². The molecule has 0 saturated carbocycles. The first-order chi connectivity index (χ1) is 19.4. The molecule has 1 aliphatic rings. The van der Waals surface area contributed by atoms with Crippen molar-refractivity contribution in [2.45, 2.75) is 19.4 Å². The number of aryl methyl sites for hydroxylation is 1. The number of aliphatic carboxylic acids is 1. The Morgan fingerprint density at radius 2 is 1.76 bits per heavy atom. The Kier molecular flexibility index (Phi) is 10.4. The summed E-state index contributed by atoms with van der Waals surface area (Å²) in [6.07, 6.45) is -0.981. The molecule has 1 heterocycles. The number of Topliss-reactive ketones (excluding diaryl/α,β-unsaturated/α-hetero) is 1. The van der Waals surface area contributed by atoms with Crippen LogP contribution in [0, 0.1) is 36.1 Å². The average Bonchev–Trinajstić information content (AvgIpc) is 3.18. The number of para-hydroxylation sites is 1. The van der Waals surface area contributed by atoms with Gasteiger partial charge in [-0.05, 0) is 18.6 Å². The second-order valence-electron chi connectivity index (χ2n) is 9.00. The monoisotopic (exact) mass is 583 g/mol. The average molecular weight is 583 g/mol. The van der Waals surface area contributed by atoms with E-state index in [0.29, 0.717) is 11.3 Å². The van der Waals surface area contributed by atoms with Gasteiger partial charge in [-0.2, -0.15) is 8.78 Å². The molecule has 41 heavy (non-hydrogen) atoms. The third-order valence-corrected chi connectivity index (χ3v) is 6.03. The van der Waals surface area contributed by atoms with E-state index in [9.17, 15) is 46.6 Å². The number of nitrogens with zero attached hydrogens (tertiary/aromatic N) is 1. The third kappa shape index (κ3) is 8.00. The van der Waals surface area contributed by atoms with Crippen molar-refractivity contribution in [3.8, 4) is 5.75 Å². The van der Waals surface area contributed by atoms with Crippen LogP contribution < -0.4 is 15.4 Å². The summed E-state index contributed by atoms with van der Waals surface area (Å²) in [7, 11) is 0. The highest BCUT2D eigenvalue weighted by atomic mass is 19.2. The molecule has 1 unspecified atom stereocenters. The summed E-state index contributed by atoms with van der Waals surface area (Å²) >= 11 is 0. The lowest BCUT2D eigenvalue weighted by atomic mass is 10.1. The molecule has 1 fully saturated rings. The number of carboxylic acids is 1. The molecular formula is C26H25F4N3O8. The lowest BCUT2D eigenvalue weighted by Gasteiger charge is -2.24. The number of carbonyl (C=O) groups excluding carboxylic acids is 4. The summed E-state index contributed by atoms with van der Waals surface area (Å²) < 4.78 is 64.4. The number of ether oxygens (including phenoxy) is 2. The van der Waals surface area contributed by atoms with Crippen LogP contribution in [0.4, 0.5) is 23.2 Å². The van der Waals surface area contributed by atoms with Gasteiger partial charge in [0.05, 0.1) is 25.6 Å². The molecule has 1 aliphatic heterocycles. The first-order valence-corrected chi connectivity index (χ1v) is 12.1. The Hall–Kier alpha value is -4.53. The minimum atomic E-state index is -1.91. The number of carboxylic acid groups (broad SMARTS) is 1. The molecule has 11 nitrogen and oxygen atoms in total. The Morgan fingerprint density at radius 1 is 1.10 bits per heavy atom. The largest absolute Gasteiger partial charge is 0.481 e. The van der Waals surface area contributed by atoms with Gasteiger partial charge in [0.2, 0.25) is 17.5 Å². The van der Waals surface area contributed by atoms with Crippen molar-refractivity contribution < 1.29 is 56.1 Å². The lowest BCUT2D eigenvalue weighted by Crippen LogP contribution is -2.50. The van der Waals surface area contributed by atoms with E-state index in [4.69, 9.17) is 4.74 Å². The number of ketones is 1. The van der Waals surface area contributed by atoms with Crippen molar-refractivity contribution >= 4 is 35.2 Å². The van der Waals surface area contributed by atoms with E-state index in [1.165, 1.54) is 0 Å². The van der Waals surface area contributed by atoms with Gasteiger partial charge in [-0.15, -0.1) is 0 Å². The number of carbonyl (C=O) groups is 5. The molecule has 0 spiro atoms. The number of amides is 3. The van der Waals surface area contributed by atoms with Crippen molar-refractivity contribution in [3.63, 3.8) is 0 Å². The SMILES string of the molecule is Cc1ccccc1NC(=O)C(=O)N1CCOC[C@H](C(=O)NC(CC(=O)O)C(=O)COc2c(F)c(F)cc(F)c2F)C1. The summed E-state index contributed by atoms with van der Waals surface area (Å²) in [5.74, 6) is -15.7. The molecule has 0 aromatic heterocycles. The van der Waals surface area contributed by atoms with Gasteiger partial charge in [0.25, 0.3) is 0 Å². The van der Waals surface area contributed by atoms with E-state index in [1.54, 1.807) is 31.2 Å². The van der Waals surface area contributed by atoms with Crippen LogP contribution in [0.15, 0.2) is 30.3 Å². The number of benzene rings is 2. The zero-order valence-electron chi connectivity index (χ0n) is 21.5. The van der Waals surface area contributed by atoms with E-state index in [2.05, 4.69) is 15.4 Å². The van der Waals surface area contributed by atoms with Gasteiger partial charge in [-0.1, -0.05) is 18.2 Å². The summed E-state index contributed by atoms with van der Waals surface area (Å²) in [6, 6.07) is 4.87. The fraction of sp³-hybridized carbons (Fsp3) is 0.346. The zero-order chi connectivity index (χ0) is 30.3. The first-order valence-electron chi connectivity index (χ1n) is 12.1. The van der Waals surface area contributed by atoms with Gasteiger partial charge >= 0.3 is 17.8 Å². The topological polar surface area (TPSA) is 151 Å². The highest BCUT2D eigenvalue weighted by Gasteiger charge is 2.33. The maximum atomic E-state index is 13.8. The molecule has 0 radical (unpaired) electrons. The van der Waals surface area contributed by atoms with Gasteiger partial charge in [0.15, 0.2) is 23.2 Å². The predicted octanol–water partition coefficient (Wildman–Crippen LogP) is 1.57. The Morgan fingerprint density at radius 3 is 2.39 bits per heavy atom. The van der Waals surface area contributed by atoms with Gasteiger partial charge in [-0.3, -0.25) is 24.0 Å². The molecular weight excluding hydrogens is 558 g/mol. The molecule has 2 aromatic carbocycles. The summed E-state index contributed by atoms with van der Waals surface area (Å²) in [5, 5.41) is 13.8. The van der Waals surface area contributed by atoms with Crippen molar-refractivity contribution in [1.82, 2.24) is 10.2 Å². The second-order valence-corrected chi connectivity index (χ2v) is 9.00. The molecule has 220 valence electrons. The number of hydrogen-bond donors (Lipinski definition) is 3. The van der Waals surface area contributed by atoms with Crippen molar-refractivity contribution in [1.29, 1.82) is 0 Å². The van der Waals surface area contributed by atoms with Gasteiger partial charge in [0.1, 0.15) is 12.6 Å². The standard InChI is InChI=1S/C26H25F4N3O8/c1-13-4-2-3-5-17(13)31-25(38)26(39)33-6-7-40-11-14(10-33)24(37)32-18(9-20(35)36)19(34)12-41-23-21(29)15(27)8-16(28)22(23)30/h2-5,8,14,18H,6-7,9-12H2,1H3,(H,31,38)(H,32,37)(H,35,36)/t14-,18?/m1/s1. The highest BCUT2D eigenvalue weighted by Crippen LogP contribution is 2.26. The third-order valence-electron chi connectivity index (χ3n) is 6.03. The molecule has 0 aliphatic carbocycles. The highest BCUT2D eigenvalue weighted by molar-refractivity contribution is 6.39. The Balaban J connectivity index is 1.67. The molecule has 1 saturated heterocycles. The normalized spacial score (nSPS) is 15.8. The number of halogens is 4. The van der Waals surface area contributed by atoms with Gasteiger partial charge in [0, 0.05) is 24.8 Å². The van der Waals surface area contributed by atoms with Crippen LogP contribution in [-0.2, 0) is 28.7 Å². The van der Waals surface area contributed by atoms with Gasteiger partial charge < -0.3 is 30.1 Å². The zero-order valence-corrected chi connectivity index (χ0v) is 21.5. The van der Waals surface area contributed by atoms with E-state index < -0.39 is 83.5 Å². The number of rotatable bonds is 9. The summed E-state index contributed by atoms with van der Waals surface area (Å²) in [5.41, 5.74) is 1.11. The van der Waals surface area contributed by atoms with Gasteiger partial charge in [-0.25, -0.2) is 8.78 Å². The van der Waals surface area contributed by atoms with Crippen LogP contribution in [0.1, 0.15) is 12.0 Å². The number of nitrogens with one attached hydrogen (secondary N) is 2. The van der Waals surface area contributed by atoms with E-state index in [0.717, 1.165) is 4.90 Å². The summed E-state index contributed by atoms with van der Waals surface area (Å²) in [6.45, 7) is -0.173. The van der Waals surface area contributed by atoms with E-state index >= 15 is 0 Å². The maximum absolute atomic E-state index is 13.8. The number of hydrogen-bond acceptors (Lipinski definition) is 7. The fourth-order valence-corrected chi connectivity index (χ4v) is 3.82. The second kappa shape index (κ2) is 13.7. The molecule has 3 amide bonds. The number of anilines is 1. The van der Waals surface area contributed by atoms with Crippen LogP contribution in [0.5, 0.6) is 5.75 Å². The minimum absolute atomic E-state index is 0.0280. The Labute approximate surface area is 230 Å². The lowest BCUT2D eigenvalue weighted by molar-refractivity contribution is -0.144. The molecule has 3 N–H and O–H groups in total. The minimum Gasteiger partial charge on any atom is -0.481 e. The Bertz CT molecular complexity index is 1330. The van der Waals surface area contributed by atoms with Crippen LogP contribution in [-0.4, -0.2) is 78.4 Å². The van der Waals surface area contributed by atoms with Crippen molar-refractivity contribution in [2.24, 2.45) is 5.92 Å². The van der Waals surface area contributed by atoms with Crippen LogP contribution in [0.2, 0.25) is 0 Å². The molecule has 2 atom stereocenters. The predicted molar refractivity (Wildman–Crippen MR) is 132 cm³/mol. The quantitative estimate of drug-likeness (QED) is 0.229. The van der Waals surface area contributed by atoms with Crippen LogP contribution in [0.3, 0.4) is 0 Å². The van der Waals surface area contributed by atoms with Crippen molar-refractivity contribution in [3.05, 3.63) is 59.2 Å². The smallest absolute Gasteiger partial charge is 0.313 e. The molecule has 3 rings (SSSR count). The van der Waals surface area contributed by atoms with E-state index in [-0.39, 0.29) is 32.4 Å². The summed E-state index contributed by atoms with van der Waals surface area (Å²) in [4.78, 5) is 63.3. The first kappa shape index (κ1) is 31.0. The molecule has 2 aromatic rings. The van der Waals surface area contributed by atoms with Crippen molar-refractivity contribution in [2.75, 3.05) is 38.2 Å².